The Kier molecular flexibility index (Phi) is 4.02. The van der Waals surface area contributed by atoms with Crippen LogP contribution >= 0.6 is 0 Å². The molecule has 0 aliphatic carbocycles. The molecular weight excluding hydrogens is 267 g/mol. The van der Waals surface area contributed by atoms with E-state index in [2.05, 4.69) is 0 Å². The summed E-state index contributed by atoms with van der Waals surface area (Å²) in [6.07, 6.45) is -3.89. The summed E-state index contributed by atoms with van der Waals surface area (Å²) in [5.74, 6) is -2.37. The lowest BCUT2D eigenvalue weighted by atomic mass is 10.0. The minimum Gasteiger partial charge on any atom is -0.385 e. The Hall–Kier alpha value is -1.55. The summed E-state index contributed by atoms with van der Waals surface area (Å²) in [6.45, 7) is 0. The third kappa shape index (κ3) is 3.01. The molecule has 100 valence electrons. The molecule has 18 heavy (non-hydrogen) atoms. The van der Waals surface area contributed by atoms with Crippen molar-refractivity contribution in [2.24, 2.45) is 10.9 Å². The molecule has 1 amide bonds. The number of sulfonamides is 1. The number of benzene rings is 1. The summed E-state index contributed by atoms with van der Waals surface area (Å²) in [5.41, 5.74) is 4.27. The van der Waals surface area contributed by atoms with E-state index >= 15 is 0 Å². The fourth-order valence-electron chi connectivity index (χ4n) is 1.25. The molecule has 7 nitrogen and oxygen atoms in total. The van der Waals surface area contributed by atoms with Gasteiger partial charge in [0.25, 0.3) is 0 Å². The Morgan fingerprint density at radius 3 is 2.28 bits per heavy atom. The third-order valence-electron chi connectivity index (χ3n) is 2.21. The Morgan fingerprint density at radius 1 is 1.33 bits per heavy atom. The van der Waals surface area contributed by atoms with Gasteiger partial charge in [0.15, 0.2) is 6.10 Å². The van der Waals surface area contributed by atoms with Crippen LogP contribution in [-0.2, 0) is 14.8 Å². The monoisotopic (exact) mass is 278 g/mol. The zero-order chi connectivity index (χ0) is 14.1. The molecule has 6 N–H and O–H groups in total. The van der Waals surface area contributed by atoms with Crippen LogP contribution in [0.4, 0.5) is 4.39 Å². The van der Waals surface area contributed by atoms with Crippen LogP contribution in [0, 0.1) is 5.82 Å². The number of hydrogen-bond donors (Lipinski definition) is 4. The number of nitrogens with two attached hydrogens (primary N) is 2. The van der Waals surface area contributed by atoms with Gasteiger partial charge in [-0.1, -0.05) is 6.07 Å². The van der Waals surface area contributed by atoms with Crippen LogP contribution in [0.15, 0.2) is 23.1 Å². The van der Waals surface area contributed by atoms with Crippen molar-refractivity contribution in [3.63, 3.8) is 0 Å². The predicted molar refractivity (Wildman–Crippen MR) is 57.9 cm³/mol. The summed E-state index contributed by atoms with van der Waals surface area (Å²) in [4.78, 5) is 10.1. The normalized spacial score (nSPS) is 15.1. The number of carbonyl (C=O) groups is 1. The van der Waals surface area contributed by atoms with Crippen LogP contribution in [0.3, 0.4) is 0 Å². The smallest absolute Gasteiger partial charge is 0.249 e. The van der Waals surface area contributed by atoms with E-state index in [1.807, 2.05) is 0 Å². The van der Waals surface area contributed by atoms with Crippen molar-refractivity contribution in [1.29, 1.82) is 0 Å². The zero-order valence-corrected chi connectivity index (χ0v) is 9.76. The maximum Gasteiger partial charge on any atom is 0.249 e. The molecule has 0 radical (unpaired) electrons. The minimum absolute atomic E-state index is 0.464. The van der Waals surface area contributed by atoms with E-state index in [0.29, 0.717) is 6.07 Å². The molecule has 1 aromatic carbocycles. The Labute approximate surface area is 102 Å². The van der Waals surface area contributed by atoms with Gasteiger partial charge < -0.3 is 15.9 Å². The van der Waals surface area contributed by atoms with E-state index in [-0.39, 0.29) is 0 Å². The summed E-state index contributed by atoms with van der Waals surface area (Å²) in [5, 5.41) is 23.4. The molecule has 0 spiro atoms. The molecule has 0 aliphatic rings. The Balaban J connectivity index is 3.18. The first-order valence-corrected chi connectivity index (χ1v) is 6.17. The van der Waals surface area contributed by atoms with Gasteiger partial charge in [0, 0.05) is 5.56 Å². The van der Waals surface area contributed by atoms with Crippen LogP contribution in [-0.4, -0.2) is 30.6 Å². The maximum absolute atomic E-state index is 13.5. The molecule has 0 aromatic heterocycles. The van der Waals surface area contributed by atoms with Crippen LogP contribution in [0.5, 0.6) is 0 Å². The third-order valence-corrected chi connectivity index (χ3v) is 3.12. The number of aliphatic hydroxyl groups is 2. The average molecular weight is 278 g/mol. The molecule has 0 aliphatic heterocycles. The highest BCUT2D eigenvalue weighted by molar-refractivity contribution is 7.89. The van der Waals surface area contributed by atoms with Crippen molar-refractivity contribution in [3.8, 4) is 0 Å². The van der Waals surface area contributed by atoms with Crippen LogP contribution in [0.1, 0.15) is 11.7 Å². The first-order chi connectivity index (χ1) is 8.14. The number of rotatable bonds is 4. The highest BCUT2D eigenvalue weighted by Crippen LogP contribution is 2.22. The minimum atomic E-state index is -4.08. The van der Waals surface area contributed by atoms with E-state index < -0.39 is 44.4 Å². The van der Waals surface area contributed by atoms with Crippen LogP contribution in [0.2, 0.25) is 0 Å². The van der Waals surface area contributed by atoms with E-state index in [9.17, 15) is 22.7 Å². The van der Waals surface area contributed by atoms with Crippen LogP contribution < -0.4 is 10.9 Å². The zero-order valence-electron chi connectivity index (χ0n) is 8.95. The van der Waals surface area contributed by atoms with Gasteiger partial charge in [-0.3, -0.25) is 4.79 Å². The van der Waals surface area contributed by atoms with Crippen molar-refractivity contribution in [2.45, 2.75) is 17.1 Å². The van der Waals surface area contributed by atoms with Crippen molar-refractivity contribution >= 4 is 15.9 Å². The molecule has 2 unspecified atom stereocenters. The molecule has 0 fully saturated rings. The number of aliphatic hydroxyl groups excluding tert-OH is 2. The van der Waals surface area contributed by atoms with Crippen molar-refractivity contribution < 1.29 is 27.8 Å². The molecule has 9 heteroatoms. The number of amides is 1. The predicted octanol–water partition coefficient (Wildman–Crippen LogP) is -1.65. The highest BCUT2D eigenvalue weighted by Gasteiger charge is 2.26. The fourth-order valence-corrected chi connectivity index (χ4v) is 1.78. The summed E-state index contributed by atoms with van der Waals surface area (Å²) >= 11 is 0. The average Bonchev–Trinajstić information content (AvgIpc) is 2.25. The maximum atomic E-state index is 13.5. The van der Waals surface area contributed by atoms with E-state index in [0.717, 1.165) is 12.1 Å². The van der Waals surface area contributed by atoms with Crippen molar-refractivity contribution in [2.75, 3.05) is 0 Å². The largest absolute Gasteiger partial charge is 0.385 e. The van der Waals surface area contributed by atoms with E-state index in [1.54, 1.807) is 0 Å². The molecule has 0 saturated carbocycles. The van der Waals surface area contributed by atoms with Gasteiger partial charge >= 0.3 is 0 Å². The number of carbonyl (C=O) groups excluding carboxylic acids is 1. The lowest BCUT2D eigenvalue weighted by molar-refractivity contribution is -0.132. The summed E-state index contributed by atoms with van der Waals surface area (Å²) < 4.78 is 35.4. The number of hydrogen-bond acceptors (Lipinski definition) is 5. The number of primary sulfonamides is 1. The van der Waals surface area contributed by atoms with Crippen molar-refractivity contribution in [1.82, 2.24) is 0 Å². The quantitative estimate of drug-likeness (QED) is 0.521. The van der Waals surface area contributed by atoms with Gasteiger partial charge in [-0.25, -0.2) is 17.9 Å². The number of halogens is 1. The first-order valence-electron chi connectivity index (χ1n) is 4.62. The van der Waals surface area contributed by atoms with Gasteiger partial charge in [0.2, 0.25) is 15.9 Å². The van der Waals surface area contributed by atoms with Gasteiger partial charge in [-0.15, -0.1) is 0 Å². The molecule has 0 saturated heterocycles. The molecule has 1 aromatic rings. The second kappa shape index (κ2) is 4.98. The van der Waals surface area contributed by atoms with E-state index in [4.69, 9.17) is 16.0 Å². The van der Waals surface area contributed by atoms with Crippen molar-refractivity contribution in [3.05, 3.63) is 29.6 Å². The molecule has 0 heterocycles. The van der Waals surface area contributed by atoms with Gasteiger partial charge in [0.1, 0.15) is 11.9 Å². The Bertz CT molecular complexity index is 574. The molecule has 2 atom stereocenters. The highest BCUT2D eigenvalue weighted by atomic mass is 32.2. The van der Waals surface area contributed by atoms with Gasteiger partial charge in [0.05, 0.1) is 4.90 Å². The number of primary amides is 1. The van der Waals surface area contributed by atoms with E-state index in [1.165, 1.54) is 0 Å². The SMILES string of the molecule is NC(=O)C(O)C(O)c1ccc(S(N)(=O)=O)cc1F. The Morgan fingerprint density at radius 2 is 1.89 bits per heavy atom. The lowest BCUT2D eigenvalue weighted by Crippen LogP contribution is -2.34. The molecule has 0 bridgehead atoms. The fraction of sp³-hybridized carbons (Fsp3) is 0.222. The topological polar surface area (TPSA) is 144 Å². The van der Waals surface area contributed by atoms with Gasteiger partial charge in [-0.2, -0.15) is 0 Å². The standard InChI is InChI=1S/C9H11FN2O5S/c10-6-3-4(18(12,16)17)1-2-5(6)7(13)8(14)9(11)15/h1-3,7-8,13-14H,(H2,11,15)(H2,12,16,17). The van der Waals surface area contributed by atoms with Gasteiger partial charge in [-0.05, 0) is 12.1 Å². The summed E-state index contributed by atoms with van der Waals surface area (Å²) in [6, 6.07) is 2.40. The first kappa shape index (κ1) is 14.5. The molecular formula is C9H11FN2O5S. The van der Waals surface area contributed by atoms with Crippen LogP contribution in [0.25, 0.3) is 0 Å². The summed E-state index contributed by atoms with van der Waals surface area (Å²) in [7, 11) is -4.08. The lowest BCUT2D eigenvalue weighted by Gasteiger charge is -2.16. The molecule has 1 rings (SSSR count). The second-order valence-electron chi connectivity index (χ2n) is 3.52. The second-order valence-corrected chi connectivity index (χ2v) is 5.08.